The molecule has 0 radical (unpaired) electrons. The Hall–Kier alpha value is -0.0900. The molecule has 4 fully saturated rings. The van der Waals surface area contributed by atoms with Crippen LogP contribution < -0.4 is 0 Å². The molecule has 0 spiro atoms. The van der Waals surface area contributed by atoms with Gasteiger partial charge in [-0.05, 0) is 40.5 Å². The van der Waals surface area contributed by atoms with Crippen LogP contribution in [0.4, 0.5) is 0 Å². The fraction of sp³-hybridized carbons (Fsp3) is 1.00. The number of rotatable bonds is 4. The van der Waals surface area contributed by atoms with Crippen LogP contribution in [0.3, 0.4) is 0 Å². The van der Waals surface area contributed by atoms with Crippen LogP contribution in [-0.4, -0.2) is 58.3 Å². The summed E-state index contributed by atoms with van der Waals surface area (Å²) in [7, 11) is 0. The normalized spacial score (nSPS) is 43.5. The minimum atomic E-state index is -1.38. The Morgan fingerprint density at radius 3 is 2.31 bits per heavy atom. The van der Waals surface area contributed by atoms with Gasteiger partial charge in [-0.25, -0.2) is 4.21 Å². The number of hydrogen-bond donors (Lipinski definition) is 0. The smallest absolute Gasteiger partial charge is 0.190 e. The molecule has 3 heterocycles. The van der Waals surface area contributed by atoms with Crippen LogP contribution in [0, 0.1) is 0 Å². The van der Waals surface area contributed by atoms with Gasteiger partial charge < -0.3 is 23.7 Å². The van der Waals surface area contributed by atoms with E-state index in [4.69, 9.17) is 27.9 Å². The fourth-order valence-corrected chi connectivity index (χ4v) is 5.55. The van der Waals surface area contributed by atoms with Crippen LogP contribution in [0.25, 0.3) is 0 Å². The van der Waals surface area contributed by atoms with Crippen LogP contribution in [0.2, 0.25) is 0 Å². The largest absolute Gasteiger partial charge is 0.348 e. The molecule has 26 heavy (non-hydrogen) atoms. The van der Waals surface area contributed by atoms with E-state index in [2.05, 4.69) is 0 Å². The summed E-state index contributed by atoms with van der Waals surface area (Å²) in [5, 5.41) is 0.0796. The summed E-state index contributed by atoms with van der Waals surface area (Å²) in [5.41, 5.74) is 0. The van der Waals surface area contributed by atoms with Gasteiger partial charge in [0, 0.05) is 0 Å². The molecule has 0 aromatic carbocycles. The highest BCUT2D eigenvalue weighted by atomic mass is 32.2. The lowest BCUT2D eigenvalue weighted by Gasteiger charge is -2.30. The third kappa shape index (κ3) is 3.87. The molecular weight excluding hydrogens is 360 g/mol. The maximum atomic E-state index is 12.9. The van der Waals surface area contributed by atoms with Crippen molar-refractivity contribution in [2.45, 2.75) is 107 Å². The van der Waals surface area contributed by atoms with Gasteiger partial charge in [0.25, 0.3) is 0 Å². The molecule has 3 saturated heterocycles. The molecule has 0 bridgehead atoms. The third-order valence-corrected chi connectivity index (χ3v) is 6.88. The van der Waals surface area contributed by atoms with E-state index >= 15 is 0 Å². The molecule has 6 atom stereocenters. The highest BCUT2D eigenvalue weighted by molar-refractivity contribution is 7.80. The maximum absolute atomic E-state index is 12.9. The Labute approximate surface area is 157 Å². The van der Waals surface area contributed by atoms with Gasteiger partial charge in [0.1, 0.15) is 24.4 Å². The van der Waals surface area contributed by atoms with E-state index in [-0.39, 0.29) is 11.4 Å². The summed E-state index contributed by atoms with van der Waals surface area (Å²) >= 11 is -1.38. The van der Waals surface area contributed by atoms with Gasteiger partial charge >= 0.3 is 0 Å². The molecule has 150 valence electrons. The van der Waals surface area contributed by atoms with E-state index in [0.29, 0.717) is 6.61 Å². The topological polar surface area (TPSA) is 72.5 Å². The predicted molar refractivity (Wildman–Crippen MR) is 93.5 cm³/mol. The SMILES string of the molecule is CC1(C)O[C@H]2O[C@H]([C@H]3COC(C)(C)O3)[C@H](OS(=O)C3CCCCC3)[C@H]2O1. The van der Waals surface area contributed by atoms with Crippen LogP contribution in [0.15, 0.2) is 0 Å². The highest BCUT2D eigenvalue weighted by Gasteiger charge is 2.59. The Balaban J connectivity index is 1.49. The van der Waals surface area contributed by atoms with Crippen molar-refractivity contribution in [2.75, 3.05) is 6.61 Å². The van der Waals surface area contributed by atoms with Crippen LogP contribution in [-0.2, 0) is 38.9 Å². The monoisotopic (exact) mass is 390 g/mol. The van der Waals surface area contributed by atoms with Crippen molar-refractivity contribution in [1.29, 1.82) is 0 Å². The first-order chi connectivity index (χ1) is 12.2. The second kappa shape index (κ2) is 7.06. The molecule has 0 aromatic rings. The van der Waals surface area contributed by atoms with Crippen molar-refractivity contribution in [3.8, 4) is 0 Å². The van der Waals surface area contributed by atoms with Gasteiger partial charge in [0.15, 0.2) is 28.9 Å². The van der Waals surface area contributed by atoms with Gasteiger partial charge in [-0.2, -0.15) is 0 Å². The summed E-state index contributed by atoms with van der Waals surface area (Å²) < 4.78 is 48.5. The van der Waals surface area contributed by atoms with Crippen molar-refractivity contribution < 1.29 is 32.1 Å². The quantitative estimate of drug-likeness (QED) is 0.730. The van der Waals surface area contributed by atoms with Gasteiger partial charge in [0.05, 0.1) is 11.9 Å². The lowest BCUT2D eigenvalue weighted by atomic mass is 10.0. The molecule has 4 aliphatic rings. The minimum absolute atomic E-state index is 0.0796. The summed E-state index contributed by atoms with van der Waals surface area (Å²) in [4.78, 5) is 0. The van der Waals surface area contributed by atoms with Crippen molar-refractivity contribution in [3.63, 3.8) is 0 Å². The third-order valence-electron chi connectivity index (χ3n) is 5.45. The van der Waals surface area contributed by atoms with Crippen molar-refractivity contribution in [3.05, 3.63) is 0 Å². The Kier molecular flexibility index (Phi) is 5.22. The van der Waals surface area contributed by atoms with E-state index in [1.165, 1.54) is 6.42 Å². The van der Waals surface area contributed by atoms with Crippen molar-refractivity contribution >= 4 is 11.1 Å². The Morgan fingerprint density at radius 1 is 0.923 bits per heavy atom. The van der Waals surface area contributed by atoms with Gasteiger partial charge in [-0.3, -0.25) is 4.18 Å². The van der Waals surface area contributed by atoms with E-state index in [9.17, 15) is 4.21 Å². The standard InChI is InChI=1S/C18H30O7S/c1-17(2)20-10-12(22-17)13-14(15-16(21-13)24-18(3,4)23-15)25-26(19)11-8-6-5-7-9-11/h11-16H,5-10H2,1-4H3/t12-,13-,14+,15-,16-,26?/m1/s1. The maximum Gasteiger partial charge on any atom is 0.190 e. The average Bonchev–Trinajstić information content (AvgIpc) is 3.18. The zero-order valence-electron chi connectivity index (χ0n) is 16.0. The highest BCUT2D eigenvalue weighted by Crippen LogP contribution is 2.42. The van der Waals surface area contributed by atoms with E-state index < -0.39 is 47.3 Å². The number of hydrogen-bond acceptors (Lipinski definition) is 7. The predicted octanol–water partition coefficient (Wildman–Crippen LogP) is 2.40. The van der Waals surface area contributed by atoms with Crippen molar-refractivity contribution in [1.82, 2.24) is 0 Å². The molecule has 1 saturated carbocycles. The summed E-state index contributed by atoms with van der Waals surface area (Å²) in [6.45, 7) is 7.83. The first-order valence-electron chi connectivity index (χ1n) is 9.65. The molecule has 0 N–H and O–H groups in total. The van der Waals surface area contributed by atoms with Crippen molar-refractivity contribution in [2.24, 2.45) is 0 Å². The minimum Gasteiger partial charge on any atom is -0.348 e. The molecule has 4 rings (SSSR count). The van der Waals surface area contributed by atoms with Gasteiger partial charge in [0.2, 0.25) is 0 Å². The van der Waals surface area contributed by atoms with Crippen LogP contribution in [0.5, 0.6) is 0 Å². The summed E-state index contributed by atoms with van der Waals surface area (Å²) in [6, 6.07) is 0. The first kappa shape index (κ1) is 19.2. The average molecular weight is 390 g/mol. The Bertz CT molecular complexity index is 546. The molecular formula is C18H30O7S. The molecule has 7 nitrogen and oxygen atoms in total. The fourth-order valence-electron chi connectivity index (χ4n) is 4.24. The van der Waals surface area contributed by atoms with E-state index in [1.807, 2.05) is 27.7 Å². The van der Waals surface area contributed by atoms with Crippen LogP contribution >= 0.6 is 0 Å². The first-order valence-corrected chi connectivity index (χ1v) is 10.8. The molecule has 1 aliphatic carbocycles. The zero-order chi connectivity index (χ0) is 18.5. The summed E-state index contributed by atoms with van der Waals surface area (Å²) in [5.74, 6) is -1.42. The lowest BCUT2D eigenvalue weighted by molar-refractivity contribution is -0.230. The molecule has 0 aromatic heterocycles. The van der Waals surface area contributed by atoms with Gasteiger partial charge in [-0.15, -0.1) is 0 Å². The Morgan fingerprint density at radius 2 is 1.65 bits per heavy atom. The number of fused-ring (bicyclic) bond motifs is 1. The molecule has 1 unspecified atom stereocenters. The van der Waals surface area contributed by atoms with Crippen LogP contribution in [0.1, 0.15) is 59.8 Å². The van der Waals surface area contributed by atoms with E-state index in [0.717, 1.165) is 25.7 Å². The van der Waals surface area contributed by atoms with Gasteiger partial charge in [-0.1, -0.05) is 19.3 Å². The number of ether oxygens (including phenoxy) is 5. The molecule has 3 aliphatic heterocycles. The zero-order valence-corrected chi connectivity index (χ0v) is 16.8. The van der Waals surface area contributed by atoms with E-state index in [1.54, 1.807) is 0 Å². The molecule has 0 amide bonds. The second-order valence-electron chi connectivity index (χ2n) is 8.52. The lowest BCUT2D eigenvalue weighted by Crippen LogP contribution is -2.45. The second-order valence-corrected chi connectivity index (χ2v) is 9.90. The summed E-state index contributed by atoms with van der Waals surface area (Å²) in [6.07, 6.45) is 3.09. The molecule has 8 heteroatoms.